The number of fused-ring (bicyclic) bond motifs is 1. The number of nitrogens with zero attached hydrogens (tertiary/aromatic N) is 1. The third-order valence-electron chi connectivity index (χ3n) is 4.82. The molecule has 0 radical (unpaired) electrons. The van der Waals surface area contributed by atoms with Crippen LogP contribution in [0.2, 0.25) is 0 Å². The highest BCUT2D eigenvalue weighted by molar-refractivity contribution is 7.78. The first-order valence-electron chi connectivity index (χ1n) is 9.74. The number of amides is 2. The van der Waals surface area contributed by atoms with E-state index in [1.54, 1.807) is 19.1 Å². The highest BCUT2D eigenvalue weighted by Crippen LogP contribution is 2.28. The minimum Gasteiger partial charge on any atom is -0.496 e. The van der Waals surface area contributed by atoms with E-state index >= 15 is 0 Å². The molecule has 0 saturated heterocycles. The summed E-state index contributed by atoms with van der Waals surface area (Å²) in [6.07, 6.45) is 0. The van der Waals surface area contributed by atoms with Crippen molar-refractivity contribution < 1.29 is 33.4 Å². The van der Waals surface area contributed by atoms with Crippen LogP contribution in [0, 0.1) is 0 Å². The summed E-state index contributed by atoms with van der Waals surface area (Å²) in [5.41, 5.74) is 1.75. The van der Waals surface area contributed by atoms with Crippen LogP contribution in [0.1, 0.15) is 43.6 Å². The second-order valence-corrected chi connectivity index (χ2v) is 7.08. The lowest BCUT2D eigenvalue weighted by molar-refractivity contribution is -0.145. The molecule has 0 fully saturated rings. The third kappa shape index (κ3) is 5.02. The Labute approximate surface area is 190 Å². The van der Waals surface area contributed by atoms with Crippen LogP contribution in [0.25, 0.3) is 0 Å². The highest BCUT2D eigenvalue weighted by Gasteiger charge is 2.30. The molecule has 2 amide bonds. The number of carbonyl (C=O) groups is 4. The molecule has 3 rings (SSSR count). The number of hydrogen-bond acceptors (Lipinski definition) is 8. The van der Waals surface area contributed by atoms with Crippen molar-refractivity contribution in [1.29, 1.82) is 0 Å². The second kappa shape index (κ2) is 10.2. The number of thiol groups is 1. The van der Waals surface area contributed by atoms with Gasteiger partial charge in [0, 0.05) is 23.7 Å². The van der Waals surface area contributed by atoms with Crippen molar-refractivity contribution in [3.05, 3.63) is 58.7 Å². The largest absolute Gasteiger partial charge is 0.496 e. The maximum Gasteiger partial charge on any atom is 0.344 e. The molecule has 2 aromatic rings. The smallest absolute Gasteiger partial charge is 0.344 e. The number of ketones is 1. The van der Waals surface area contributed by atoms with Crippen LogP contribution in [-0.2, 0) is 16.1 Å². The minimum absolute atomic E-state index is 0.166. The SMILES string of the molecule is CCOC(=O)COc1ccc(C(=O)CN2Cc3cc(C(=O)NS)ccc3C2=O)c(OC)c1. The molecule has 1 heterocycles. The predicted molar refractivity (Wildman–Crippen MR) is 117 cm³/mol. The molecule has 168 valence electrons. The van der Waals surface area contributed by atoms with Crippen LogP contribution in [0.4, 0.5) is 0 Å². The first-order valence-corrected chi connectivity index (χ1v) is 10.2. The van der Waals surface area contributed by atoms with Crippen LogP contribution in [-0.4, -0.2) is 55.3 Å². The number of rotatable bonds is 9. The van der Waals surface area contributed by atoms with Gasteiger partial charge in [0.25, 0.3) is 11.8 Å². The predicted octanol–water partition coefficient (Wildman–Crippen LogP) is 2.05. The van der Waals surface area contributed by atoms with Crippen LogP contribution in [0.3, 0.4) is 0 Å². The molecule has 9 nitrogen and oxygen atoms in total. The molecular weight excluding hydrogens is 436 g/mol. The van der Waals surface area contributed by atoms with Gasteiger partial charge < -0.3 is 19.1 Å². The molecule has 0 aliphatic carbocycles. The van der Waals surface area contributed by atoms with Gasteiger partial charge in [-0.05, 0) is 42.8 Å². The summed E-state index contributed by atoms with van der Waals surface area (Å²) in [7, 11) is 1.41. The number of carbonyl (C=O) groups excluding carboxylic acids is 4. The summed E-state index contributed by atoms with van der Waals surface area (Å²) in [5.74, 6) is -0.908. The molecule has 0 saturated carbocycles. The molecule has 2 aromatic carbocycles. The monoisotopic (exact) mass is 458 g/mol. The Balaban J connectivity index is 1.70. The Kier molecular flexibility index (Phi) is 7.37. The molecule has 1 N–H and O–H groups in total. The number of methoxy groups -OCH3 is 1. The van der Waals surface area contributed by atoms with E-state index < -0.39 is 5.97 Å². The zero-order valence-corrected chi connectivity index (χ0v) is 18.4. The maximum atomic E-state index is 12.9. The van der Waals surface area contributed by atoms with Gasteiger partial charge in [0.15, 0.2) is 12.4 Å². The van der Waals surface area contributed by atoms with Gasteiger partial charge >= 0.3 is 5.97 Å². The van der Waals surface area contributed by atoms with Gasteiger partial charge in [-0.3, -0.25) is 19.1 Å². The average molecular weight is 458 g/mol. The van der Waals surface area contributed by atoms with Gasteiger partial charge in [-0.25, -0.2) is 4.79 Å². The van der Waals surface area contributed by atoms with Gasteiger partial charge in [0.2, 0.25) is 0 Å². The topological polar surface area (TPSA) is 111 Å². The van der Waals surface area contributed by atoms with Crippen molar-refractivity contribution in [3.8, 4) is 11.5 Å². The summed E-state index contributed by atoms with van der Waals surface area (Å²) in [4.78, 5) is 50.2. The zero-order chi connectivity index (χ0) is 23.3. The molecule has 0 unspecified atom stereocenters. The summed E-state index contributed by atoms with van der Waals surface area (Å²) >= 11 is 3.75. The Morgan fingerprint density at radius 2 is 1.94 bits per heavy atom. The maximum absolute atomic E-state index is 12.9. The van der Waals surface area contributed by atoms with Crippen molar-refractivity contribution in [3.63, 3.8) is 0 Å². The molecular formula is C22H22N2O7S. The van der Waals surface area contributed by atoms with E-state index in [1.165, 1.54) is 36.3 Å². The van der Waals surface area contributed by atoms with Crippen molar-refractivity contribution in [2.75, 3.05) is 26.9 Å². The lowest BCUT2D eigenvalue weighted by atomic mass is 10.1. The normalized spacial score (nSPS) is 12.2. The average Bonchev–Trinajstić information content (AvgIpc) is 3.11. The summed E-state index contributed by atoms with van der Waals surface area (Å²) in [6.45, 7) is 1.72. The van der Waals surface area contributed by atoms with E-state index in [0.717, 1.165) is 0 Å². The molecule has 1 aliphatic rings. The van der Waals surface area contributed by atoms with E-state index in [4.69, 9.17) is 14.2 Å². The van der Waals surface area contributed by atoms with Crippen molar-refractivity contribution in [2.24, 2.45) is 0 Å². The molecule has 10 heteroatoms. The number of hydrogen-bond donors (Lipinski definition) is 2. The number of benzene rings is 2. The molecule has 1 aliphatic heterocycles. The van der Waals surface area contributed by atoms with Crippen LogP contribution in [0.5, 0.6) is 11.5 Å². The van der Waals surface area contributed by atoms with Crippen LogP contribution >= 0.6 is 12.8 Å². The first-order chi connectivity index (χ1) is 15.4. The first kappa shape index (κ1) is 23.1. The second-order valence-electron chi connectivity index (χ2n) is 6.85. The Bertz CT molecular complexity index is 1070. The molecule has 0 spiro atoms. The van der Waals surface area contributed by atoms with Gasteiger partial charge in [-0.2, -0.15) is 0 Å². The Morgan fingerprint density at radius 1 is 1.16 bits per heavy atom. The summed E-state index contributed by atoms with van der Waals surface area (Å²) in [5, 5.41) is 0. The van der Waals surface area contributed by atoms with Crippen molar-refractivity contribution >= 4 is 36.4 Å². The number of Topliss-reactive ketones (excluding diaryl/α,β-unsaturated/α-hetero) is 1. The number of esters is 1. The van der Waals surface area contributed by atoms with Gasteiger partial charge in [-0.15, -0.1) is 0 Å². The molecule has 0 aromatic heterocycles. The Hall–Kier alpha value is -3.53. The zero-order valence-electron chi connectivity index (χ0n) is 17.5. The van der Waals surface area contributed by atoms with Gasteiger partial charge in [0.05, 0.1) is 25.8 Å². The van der Waals surface area contributed by atoms with E-state index in [2.05, 4.69) is 17.5 Å². The Morgan fingerprint density at radius 3 is 2.62 bits per heavy atom. The van der Waals surface area contributed by atoms with Crippen molar-refractivity contribution in [1.82, 2.24) is 9.62 Å². The van der Waals surface area contributed by atoms with E-state index in [9.17, 15) is 19.2 Å². The lowest BCUT2D eigenvalue weighted by Gasteiger charge is -2.16. The van der Waals surface area contributed by atoms with Crippen LogP contribution in [0.15, 0.2) is 36.4 Å². The summed E-state index contributed by atoms with van der Waals surface area (Å²) < 4.78 is 17.7. The van der Waals surface area contributed by atoms with Crippen LogP contribution < -0.4 is 14.2 Å². The fourth-order valence-corrected chi connectivity index (χ4v) is 3.44. The van der Waals surface area contributed by atoms with E-state index in [1.807, 2.05) is 0 Å². The summed E-state index contributed by atoms with van der Waals surface area (Å²) in [6, 6.07) is 9.26. The molecule has 0 bridgehead atoms. The molecule has 32 heavy (non-hydrogen) atoms. The minimum atomic E-state index is -0.506. The fourth-order valence-electron chi connectivity index (χ4n) is 3.31. The molecule has 0 atom stereocenters. The van der Waals surface area contributed by atoms with Gasteiger partial charge in [-0.1, -0.05) is 12.8 Å². The quantitative estimate of drug-likeness (QED) is 0.336. The van der Waals surface area contributed by atoms with Crippen molar-refractivity contribution in [2.45, 2.75) is 13.5 Å². The lowest BCUT2D eigenvalue weighted by Crippen LogP contribution is -2.30. The number of ether oxygens (including phenoxy) is 3. The fraction of sp³-hybridized carbons (Fsp3) is 0.273. The number of nitrogens with one attached hydrogen (secondary N) is 1. The van der Waals surface area contributed by atoms with Gasteiger partial charge in [0.1, 0.15) is 11.5 Å². The van der Waals surface area contributed by atoms with E-state index in [-0.39, 0.29) is 55.2 Å². The van der Waals surface area contributed by atoms with E-state index in [0.29, 0.717) is 22.4 Å². The highest BCUT2D eigenvalue weighted by atomic mass is 32.1. The standard InChI is InChI=1S/C22H22N2O7S/c1-3-30-20(26)12-31-15-5-7-17(19(9-15)29-2)18(25)11-24-10-14-8-13(21(27)23-32)4-6-16(14)22(24)28/h4-9,32H,3,10-12H2,1-2H3,(H,23,27). The third-order valence-corrected chi connectivity index (χ3v) is 5.02.